The largest absolute Gasteiger partial charge is 0.338 e. The zero-order valence-corrected chi connectivity index (χ0v) is 20.7. The molecule has 0 unspecified atom stereocenters. The molecule has 1 saturated carbocycles. The van der Waals surface area contributed by atoms with Crippen LogP contribution in [0, 0.1) is 6.92 Å². The van der Waals surface area contributed by atoms with Gasteiger partial charge in [0.15, 0.2) is 0 Å². The third kappa shape index (κ3) is 6.30. The number of anilines is 1. The van der Waals surface area contributed by atoms with Gasteiger partial charge in [0.25, 0.3) is 0 Å². The minimum atomic E-state index is 0.850. The number of aromatic nitrogens is 2. The molecule has 3 heterocycles. The summed E-state index contributed by atoms with van der Waals surface area (Å²) in [5, 5.41) is 0. The Morgan fingerprint density at radius 1 is 1.03 bits per heavy atom. The summed E-state index contributed by atoms with van der Waals surface area (Å²) in [7, 11) is 0. The van der Waals surface area contributed by atoms with Crippen LogP contribution in [0.1, 0.15) is 48.1 Å². The third-order valence-corrected chi connectivity index (χ3v) is 7.43. The van der Waals surface area contributed by atoms with Crippen LogP contribution in [-0.4, -0.2) is 78.4 Å². The van der Waals surface area contributed by atoms with Crippen LogP contribution in [0.15, 0.2) is 36.5 Å². The lowest BCUT2D eigenvalue weighted by Crippen LogP contribution is -2.52. The molecule has 1 aromatic carbocycles. The molecule has 3 aliphatic rings. The second-order valence-corrected chi connectivity index (χ2v) is 9.72. The molecule has 5 rings (SSSR count). The molecule has 0 bridgehead atoms. The van der Waals surface area contributed by atoms with Gasteiger partial charge >= 0.3 is 0 Å². The molecule has 0 atom stereocenters. The van der Waals surface area contributed by atoms with Gasteiger partial charge in [-0.15, -0.1) is 0 Å². The minimum absolute atomic E-state index is 0.850. The first kappa shape index (κ1) is 24.6. The molecule has 34 heavy (non-hydrogen) atoms. The lowest BCUT2D eigenvalue weighted by atomic mass is 9.91. The van der Waals surface area contributed by atoms with E-state index in [0.717, 1.165) is 77.1 Å². The standard InChI is InChI=1S/C27H37N5.CH2O/c1-22-6-2-7-23(20-22)8-4-13-30-14-5-11-26-24(12-15-30)21-28-27(29-26)32-18-16-31(17-19-32)25-9-3-10-25;1-2/h2,4,6-8,20-21,25H,3,5,9-19H2,1H3;1H2/b8-4+;. The summed E-state index contributed by atoms with van der Waals surface area (Å²) >= 11 is 0. The van der Waals surface area contributed by atoms with Crippen molar-refractivity contribution in [3.63, 3.8) is 0 Å². The molecule has 0 spiro atoms. The summed E-state index contributed by atoms with van der Waals surface area (Å²) < 4.78 is 0. The number of benzene rings is 1. The molecule has 6 heteroatoms. The summed E-state index contributed by atoms with van der Waals surface area (Å²) in [5.41, 5.74) is 5.23. The fourth-order valence-electron chi connectivity index (χ4n) is 5.20. The van der Waals surface area contributed by atoms with Crippen LogP contribution in [0.2, 0.25) is 0 Å². The normalized spacial score (nSPS) is 20.1. The first-order valence-corrected chi connectivity index (χ1v) is 12.8. The molecule has 1 saturated heterocycles. The quantitative estimate of drug-likeness (QED) is 0.676. The molecule has 0 radical (unpaired) electrons. The van der Waals surface area contributed by atoms with E-state index in [1.54, 1.807) is 0 Å². The molecule has 0 amide bonds. The number of hydrogen-bond acceptors (Lipinski definition) is 6. The van der Waals surface area contributed by atoms with Crippen molar-refractivity contribution in [2.45, 2.75) is 51.5 Å². The number of hydrogen-bond donors (Lipinski definition) is 0. The molecule has 1 aliphatic carbocycles. The predicted molar refractivity (Wildman–Crippen MR) is 139 cm³/mol. The molecular weight excluding hydrogens is 422 g/mol. The predicted octanol–water partition coefficient (Wildman–Crippen LogP) is 3.78. The minimum Gasteiger partial charge on any atom is -0.338 e. The van der Waals surface area contributed by atoms with Crippen molar-refractivity contribution in [1.29, 1.82) is 0 Å². The highest BCUT2D eigenvalue weighted by atomic mass is 16.1. The van der Waals surface area contributed by atoms with Gasteiger partial charge in [-0.25, -0.2) is 9.97 Å². The van der Waals surface area contributed by atoms with Crippen molar-refractivity contribution < 1.29 is 4.79 Å². The number of carbonyl (C=O) groups excluding carboxylic acids is 1. The van der Waals surface area contributed by atoms with E-state index in [4.69, 9.17) is 14.8 Å². The number of carbonyl (C=O) groups is 1. The SMILES string of the molecule is C=O.Cc1cccc(/C=C/CN2CCCc3nc(N4CCN(C5CCC5)CC4)ncc3CC2)c1. The van der Waals surface area contributed by atoms with Gasteiger partial charge in [-0.3, -0.25) is 9.80 Å². The number of aryl methyl sites for hydroxylation is 2. The van der Waals surface area contributed by atoms with Gasteiger partial charge in [-0.05, 0) is 56.7 Å². The van der Waals surface area contributed by atoms with E-state index in [0.29, 0.717) is 0 Å². The first-order chi connectivity index (χ1) is 16.7. The van der Waals surface area contributed by atoms with Crippen molar-refractivity contribution in [2.24, 2.45) is 0 Å². The number of rotatable bonds is 5. The fraction of sp³-hybridized carbons (Fsp3) is 0.536. The van der Waals surface area contributed by atoms with Crippen LogP contribution < -0.4 is 4.90 Å². The highest BCUT2D eigenvalue weighted by molar-refractivity contribution is 5.50. The van der Waals surface area contributed by atoms with Crippen LogP contribution in [0.4, 0.5) is 5.95 Å². The van der Waals surface area contributed by atoms with Crippen molar-refractivity contribution in [3.8, 4) is 0 Å². The highest BCUT2D eigenvalue weighted by Gasteiger charge is 2.28. The maximum Gasteiger partial charge on any atom is 0.225 e. The van der Waals surface area contributed by atoms with E-state index in [1.807, 2.05) is 6.79 Å². The van der Waals surface area contributed by atoms with Gasteiger partial charge < -0.3 is 9.69 Å². The Morgan fingerprint density at radius 2 is 1.85 bits per heavy atom. The summed E-state index contributed by atoms with van der Waals surface area (Å²) in [6, 6.07) is 9.54. The van der Waals surface area contributed by atoms with E-state index < -0.39 is 0 Å². The molecule has 1 aromatic heterocycles. The second kappa shape index (κ2) is 12.2. The number of nitrogens with zero attached hydrogens (tertiary/aromatic N) is 5. The van der Waals surface area contributed by atoms with Crippen LogP contribution in [0.25, 0.3) is 6.08 Å². The van der Waals surface area contributed by atoms with Crippen molar-refractivity contribution >= 4 is 18.8 Å². The summed E-state index contributed by atoms with van der Waals surface area (Å²) in [4.78, 5) is 25.5. The summed E-state index contributed by atoms with van der Waals surface area (Å²) in [5.74, 6) is 0.954. The fourth-order valence-corrected chi connectivity index (χ4v) is 5.20. The molecule has 2 aliphatic heterocycles. The Hall–Kier alpha value is -2.57. The lowest BCUT2D eigenvalue weighted by molar-refractivity contribution is -0.0979. The Kier molecular flexibility index (Phi) is 8.83. The van der Waals surface area contributed by atoms with Gasteiger partial charge in [0, 0.05) is 57.2 Å². The van der Waals surface area contributed by atoms with Crippen LogP contribution >= 0.6 is 0 Å². The molecule has 2 fully saturated rings. The smallest absolute Gasteiger partial charge is 0.225 e. The lowest BCUT2D eigenvalue weighted by Gasteiger charge is -2.43. The maximum atomic E-state index is 8.00. The Morgan fingerprint density at radius 3 is 2.59 bits per heavy atom. The van der Waals surface area contributed by atoms with E-state index in [9.17, 15) is 0 Å². The summed E-state index contributed by atoms with van der Waals surface area (Å²) in [6.07, 6.45) is 14.1. The van der Waals surface area contributed by atoms with Crippen LogP contribution in [-0.2, 0) is 17.6 Å². The van der Waals surface area contributed by atoms with Gasteiger partial charge in [0.2, 0.25) is 5.95 Å². The van der Waals surface area contributed by atoms with E-state index in [-0.39, 0.29) is 0 Å². The van der Waals surface area contributed by atoms with Gasteiger partial charge in [-0.1, -0.05) is 48.4 Å². The Bertz CT molecular complexity index is 950. The maximum absolute atomic E-state index is 8.00. The molecule has 0 N–H and O–H groups in total. The first-order valence-electron chi connectivity index (χ1n) is 12.8. The van der Waals surface area contributed by atoms with Crippen LogP contribution in [0.5, 0.6) is 0 Å². The monoisotopic (exact) mass is 461 g/mol. The van der Waals surface area contributed by atoms with E-state index >= 15 is 0 Å². The second-order valence-electron chi connectivity index (χ2n) is 9.72. The molecule has 182 valence electrons. The van der Waals surface area contributed by atoms with E-state index in [1.165, 1.54) is 41.6 Å². The van der Waals surface area contributed by atoms with Crippen LogP contribution in [0.3, 0.4) is 0 Å². The molecule has 2 aromatic rings. The van der Waals surface area contributed by atoms with E-state index in [2.05, 4.69) is 64.2 Å². The zero-order chi connectivity index (χ0) is 23.8. The third-order valence-electron chi connectivity index (χ3n) is 7.43. The molecular formula is C28H39N5O. The van der Waals surface area contributed by atoms with Gasteiger partial charge in [-0.2, -0.15) is 0 Å². The Balaban J connectivity index is 0.00000133. The number of fused-ring (bicyclic) bond motifs is 1. The van der Waals surface area contributed by atoms with Crippen molar-refractivity contribution in [1.82, 2.24) is 19.8 Å². The topological polar surface area (TPSA) is 52.6 Å². The van der Waals surface area contributed by atoms with Crippen molar-refractivity contribution in [3.05, 3.63) is 58.9 Å². The number of piperazine rings is 1. The van der Waals surface area contributed by atoms with Crippen molar-refractivity contribution in [2.75, 3.05) is 50.7 Å². The van der Waals surface area contributed by atoms with Gasteiger partial charge in [0.1, 0.15) is 6.79 Å². The average molecular weight is 462 g/mol. The average Bonchev–Trinajstić information content (AvgIpc) is 2.82. The highest BCUT2D eigenvalue weighted by Crippen LogP contribution is 2.26. The summed E-state index contributed by atoms with van der Waals surface area (Å²) in [6.45, 7) is 11.8. The Labute approximate surface area is 204 Å². The zero-order valence-electron chi connectivity index (χ0n) is 20.7. The van der Waals surface area contributed by atoms with Gasteiger partial charge in [0.05, 0.1) is 0 Å². The molecule has 6 nitrogen and oxygen atoms in total.